The van der Waals surface area contributed by atoms with Crippen molar-refractivity contribution in [3.63, 3.8) is 0 Å². The van der Waals surface area contributed by atoms with Gasteiger partial charge in [-0.05, 0) is 0 Å². The highest BCUT2D eigenvalue weighted by atomic mass is 32.7. The van der Waals surface area contributed by atoms with Crippen LogP contribution in [0.1, 0.15) is 12.6 Å². The maximum atomic E-state index is 11.7. The molecule has 2 unspecified atom stereocenters. The van der Waals surface area contributed by atoms with E-state index in [9.17, 15) is 9.59 Å². The van der Waals surface area contributed by atoms with E-state index < -0.39 is 17.5 Å². The van der Waals surface area contributed by atoms with E-state index in [0.717, 1.165) is 0 Å². The Morgan fingerprint density at radius 2 is 2.42 bits per heavy atom. The third kappa shape index (κ3) is 3.39. The predicted molar refractivity (Wildman–Crippen MR) is 77.1 cm³/mol. The molecule has 0 saturated carbocycles. The van der Waals surface area contributed by atoms with Crippen LogP contribution in [0.25, 0.3) is 0 Å². The van der Waals surface area contributed by atoms with Gasteiger partial charge in [-0.3, -0.25) is 14.3 Å². The van der Waals surface area contributed by atoms with Gasteiger partial charge in [-0.1, -0.05) is 0 Å². The van der Waals surface area contributed by atoms with Crippen molar-refractivity contribution in [2.75, 3.05) is 6.61 Å². The zero-order chi connectivity index (χ0) is 13.8. The average molecular weight is 322 g/mol. The molecule has 1 aliphatic heterocycles. The fourth-order valence-electron chi connectivity index (χ4n) is 1.70. The molecule has 0 fully saturated rings. The molecule has 0 radical (unpaired) electrons. The Hall–Kier alpha value is -0.810. The minimum absolute atomic E-state index is 0.0262. The molecule has 1 aliphatic rings. The zero-order valence-corrected chi connectivity index (χ0v) is 12.7. The number of ether oxygens (including phenoxy) is 1. The molecule has 19 heavy (non-hydrogen) atoms. The standard InChI is InChI=1S/C9H12N2O5P2S/c12-7-1-2-11(9(13)10-7)8-3-5(16-18-19)6(15-8)4-14-17/h1-2,8,18-19H,3-4,17H2,(H,10,12,13)/t8-/m1/s1. The molecule has 2 rings (SSSR count). The summed E-state index contributed by atoms with van der Waals surface area (Å²) in [7, 11) is 2.09. The summed E-state index contributed by atoms with van der Waals surface area (Å²) in [4.78, 5) is 24.9. The Bertz CT molecular complexity index is 581. The van der Waals surface area contributed by atoms with Gasteiger partial charge in [-0.2, -0.15) is 0 Å². The number of hydrogen-bond acceptors (Lipinski definition) is 6. The monoisotopic (exact) mass is 322 g/mol. The first-order valence-electron chi connectivity index (χ1n) is 5.23. The third-order valence-electron chi connectivity index (χ3n) is 2.49. The van der Waals surface area contributed by atoms with Crippen LogP contribution in [0.3, 0.4) is 0 Å². The van der Waals surface area contributed by atoms with Crippen LogP contribution in [-0.4, -0.2) is 16.2 Å². The van der Waals surface area contributed by atoms with Crippen molar-refractivity contribution in [3.05, 3.63) is 44.6 Å². The molecule has 0 aliphatic carbocycles. The number of H-pyrrole nitrogens is 1. The lowest BCUT2D eigenvalue weighted by molar-refractivity contribution is 0.0644. The Morgan fingerprint density at radius 1 is 1.63 bits per heavy atom. The molecule has 2 heterocycles. The summed E-state index contributed by atoms with van der Waals surface area (Å²) >= 11 is 4.01. The Kier molecular flexibility index (Phi) is 5.05. The Balaban J connectivity index is 2.22. The lowest BCUT2D eigenvalue weighted by Gasteiger charge is -2.14. The van der Waals surface area contributed by atoms with Crippen LogP contribution in [0, 0.1) is 0 Å². The van der Waals surface area contributed by atoms with Gasteiger partial charge >= 0.3 is 5.69 Å². The zero-order valence-electron chi connectivity index (χ0n) is 9.66. The van der Waals surface area contributed by atoms with Gasteiger partial charge in [0.1, 0.15) is 20.4 Å². The summed E-state index contributed by atoms with van der Waals surface area (Å²) in [6.07, 6.45) is 1.21. The Labute approximate surface area is 117 Å². The SMILES string of the molecule is O=c1ccn([C@H]2CC(OPS)=C(COP)O2)c(=O)[nH]1. The van der Waals surface area contributed by atoms with Crippen molar-refractivity contribution in [1.29, 1.82) is 0 Å². The van der Waals surface area contributed by atoms with Crippen molar-refractivity contribution in [2.45, 2.75) is 12.6 Å². The first-order chi connectivity index (χ1) is 9.15. The van der Waals surface area contributed by atoms with Gasteiger partial charge in [0, 0.05) is 21.7 Å². The second-order valence-electron chi connectivity index (χ2n) is 3.64. The summed E-state index contributed by atoms with van der Waals surface area (Å²) in [5, 5.41) is 0. The summed E-state index contributed by atoms with van der Waals surface area (Å²) < 4.78 is 17.2. The van der Waals surface area contributed by atoms with Crippen LogP contribution in [0.4, 0.5) is 0 Å². The number of nitrogens with zero attached hydrogens (tertiary/aromatic N) is 1. The molecule has 0 amide bonds. The van der Waals surface area contributed by atoms with Gasteiger partial charge in [0.15, 0.2) is 12.0 Å². The first-order valence-corrected chi connectivity index (χ1v) is 7.90. The maximum Gasteiger partial charge on any atom is 0.331 e. The second kappa shape index (κ2) is 6.57. The van der Waals surface area contributed by atoms with Crippen LogP contribution in [0.15, 0.2) is 33.4 Å². The molecule has 1 aromatic heterocycles. The fourth-order valence-corrected chi connectivity index (χ4v) is 2.49. The minimum Gasteiger partial charge on any atom is -0.468 e. The number of nitrogens with one attached hydrogen (secondary N) is 1. The topological polar surface area (TPSA) is 82.5 Å². The van der Waals surface area contributed by atoms with E-state index in [0.29, 0.717) is 17.9 Å². The van der Waals surface area contributed by atoms with E-state index in [1.807, 2.05) is 0 Å². The van der Waals surface area contributed by atoms with E-state index in [-0.39, 0.29) is 14.6 Å². The van der Waals surface area contributed by atoms with Crippen LogP contribution >= 0.6 is 29.7 Å². The normalized spacial score (nSPS) is 19.2. The number of rotatable bonds is 5. The molecule has 104 valence electrons. The summed E-state index contributed by atoms with van der Waals surface area (Å²) in [6, 6.07) is 1.26. The van der Waals surface area contributed by atoms with E-state index in [1.54, 1.807) is 0 Å². The largest absolute Gasteiger partial charge is 0.468 e. The highest BCUT2D eigenvalue weighted by Gasteiger charge is 2.29. The van der Waals surface area contributed by atoms with Gasteiger partial charge in [-0.25, -0.2) is 4.79 Å². The van der Waals surface area contributed by atoms with Gasteiger partial charge in [0.05, 0.1) is 6.42 Å². The smallest absolute Gasteiger partial charge is 0.331 e. The van der Waals surface area contributed by atoms with Gasteiger partial charge in [0.25, 0.3) is 5.56 Å². The molecule has 0 bridgehead atoms. The average Bonchev–Trinajstić information content (AvgIpc) is 2.73. The van der Waals surface area contributed by atoms with Crippen molar-refractivity contribution < 1.29 is 13.8 Å². The van der Waals surface area contributed by atoms with E-state index in [1.165, 1.54) is 16.8 Å². The van der Waals surface area contributed by atoms with E-state index >= 15 is 0 Å². The van der Waals surface area contributed by atoms with E-state index in [2.05, 4.69) is 26.7 Å². The highest BCUT2D eigenvalue weighted by Crippen LogP contribution is 2.37. The molecule has 3 atom stereocenters. The molecule has 10 heteroatoms. The minimum atomic E-state index is -0.556. The third-order valence-corrected chi connectivity index (χ3v) is 3.27. The van der Waals surface area contributed by atoms with Gasteiger partial charge in [0.2, 0.25) is 0 Å². The van der Waals surface area contributed by atoms with Crippen molar-refractivity contribution in [3.8, 4) is 0 Å². The number of aromatic amines is 1. The summed E-state index contributed by atoms with van der Waals surface area (Å²) in [5.74, 6) is 1.11. The van der Waals surface area contributed by atoms with Crippen LogP contribution in [-0.2, 0) is 13.8 Å². The lowest BCUT2D eigenvalue weighted by atomic mass is 10.3. The lowest BCUT2D eigenvalue weighted by Crippen LogP contribution is -2.31. The molecular weight excluding hydrogens is 310 g/mol. The molecule has 1 N–H and O–H groups in total. The quantitative estimate of drug-likeness (QED) is 0.622. The van der Waals surface area contributed by atoms with Crippen LogP contribution < -0.4 is 11.2 Å². The van der Waals surface area contributed by atoms with E-state index in [4.69, 9.17) is 13.8 Å². The highest BCUT2D eigenvalue weighted by molar-refractivity contribution is 8.36. The Morgan fingerprint density at radius 3 is 3.05 bits per heavy atom. The van der Waals surface area contributed by atoms with Crippen molar-refractivity contribution >= 4 is 29.7 Å². The molecule has 7 nitrogen and oxygen atoms in total. The number of thiol groups is 1. The number of hydrogen-bond donors (Lipinski definition) is 2. The van der Waals surface area contributed by atoms with Crippen LogP contribution in [0.2, 0.25) is 0 Å². The fraction of sp³-hybridized carbons (Fsp3) is 0.333. The second-order valence-corrected chi connectivity index (χ2v) is 4.91. The predicted octanol–water partition coefficient (Wildman–Crippen LogP) is 0.929. The molecule has 0 aromatic carbocycles. The molecular formula is C9H12N2O5P2S. The van der Waals surface area contributed by atoms with Crippen LogP contribution in [0.5, 0.6) is 0 Å². The molecule has 1 aromatic rings. The summed E-state index contributed by atoms with van der Waals surface area (Å²) in [6.45, 7) is 0.215. The molecule has 0 spiro atoms. The van der Waals surface area contributed by atoms with Crippen molar-refractivity contribution in [1.82, 2.24) is 9.55 Å². The van der Waals surface area contributed by atoms with Crippen molar-refractivity contribution in [2.24, 2.45) is 0 Å². The number of aromatic nitrogens is 2. The first kappa shape index (κ1) is 14.6. The maximum absolute atomic E-state index is 11.7. The van der Waals surface area contributed by atoms with Gasteiger partial charge < -0.3 is 13.8 Å². The summed E-state index contributed by atoms with van der Waals surface area (Å²) in [5.41, 5.74) is -0.979. The van der Waals surface area contributed by atoms with Gasteiger partial charge in [-0.15, -0.1) is 12.2 Å². The molecule has 0 saturated heterocycles.